The van der Waals surface area contributed by atoms with Gasteiger partial charge in [0.2, 0.25) is 0 Å². The first-order valence-corrected chi connectivity index (χ1v) is 10.7. The molecule has 0 unspecified atom stereocenters. The van der Waals surface area contributed by atoms with Gasteiger partial charge in [0.05, 0.1) is 18.5 Å². The van der Waals surface area contributed by atoms with Gasteiger partial charge in [-0.25, -0.2) is 4.68 Å². The summed E-state index contributed by atoms with van der Waals surface area (Å²) in [6, 6.07) is 21.6. The van der Waals surface area contributed by atoms with E-state index < -0.39 is 0 Å². The third-order valence-corrected chi connectivity index (χ3v) is 7.24. The molecule has 3 nitrogen and oxygen atoms in total. The van der Waals surface area contributed by atoms with Crippen molar-refractivity contribution in [3.8, 4) is 11.4 Å². The number of ether oxygens (including phenoxy) is 1. The second-order valence-electron chi connectivity index (χ2n) is 7.71. The molecule has 28 heavy (non-hydrogen) atoms. The molecule has 0 radical (unpaired) electrons. The number of fused-ring (bicyclic) bond motifs is 7. The topological polar surface area (TPSA) is 27.1 Å². The number of benzene rings is 3. The maximum absolute atomic E-state index is 6.18. The van der Waals surface area contributed by atoms with E-state index in [1.807, 2.05) is 11.8 Å². The Labute approximate surface area is 168 Å². The van der Waals surface area contributed by atoms with Crippen molar-refractivity contribution in [1.82, 2.24) is 9.78 Å². The zero-order valence-corrected chi connectivity index (χ0v) is 16.4. The van der Waals surface area contributed by atoms with Crippen molar-refractivity contribution in [2.75, 3.05) is 12.4 Å². The van der Waals surface area contributed by atoms with Gasteiger partial charge in [0, 0.05) is 28.7 Å². The lowest BCUT2D eigenvalue weighted by atomic mass is 9.79. The van der Waals surface area contributed by atoms with Crippen molar-refractivity contribution in [3.05, 3.63) is 83.6 Å². The van der Waals surface area contributed by atoms with Gasteiger partial charge in [0.15, 0.2) is 0 Å². The minimum atomic E-state index is 0.338. The Morgan fingerprint density at radius 1 is 1.04 bits per heavy atom. The first kappa shape index (κ1) is 16.3. The summed E-state index contributed by atoms with van der Waals surface area (Å²) >= 11 is 1.91. The lowest BCUT2D eigenvalue weighted by Gasteiger charge is -2.37. The van der Waals surface area contributed by atoms with Crippen LogP contribution in [0.5, 0.6) is 5.75 Å². The summed E-state index contributed by atoms with van der Waals surface area (Å²) in [4.78, 5) is 0. The monoisotopic (exact) mass is 384 g/mol. The van der Waals surface area contributed by atoms with Gasteiger partial charge in [-0.2, -0.15) is 5.10 Å². The minimum Gasteiger partial charge on any atom is -0.493 e. The second-order valence-corrected chi connectivity index (χ2v) is 8.72. The first-order chi connectivity index (χ1) is 13.8. The Morgan fingerprint density at radius 3 is 2.79 bits per heavy atom. The van der Waals surface area contributed by atoms with Crippen molar-refractivity contribution in [2.45, 2.75) is 17.9 Å². The van der Waals surface area contributed by atoms with Crippen molar-refractivity contribution in [3.63, 3.8) is 0 Å². The number of rotatable bonds is 1. The summed E-state index contributed by atoms with van der Waals surface area (Å²) in [5.74, 6) is 2.90. The molecule has 0 aliphatic carbocycles. The van der Waals surface area contributed by atoms with Crippen LogP contribution in [-0.4, -0.2) is 22.1 Å². The Morgan fingerprint density at radius 2 is 1.89 bits per heavy atom. The summed E-state index contributed by atoms with van der Waals surface area (Å²) in [5.41, 5.74) is 5.06. The number of aryl methyl sites for hydroxylation is 1. The van der Waals surface area contributed by atoms with E-state index >= 15 is 0 Å². The van der Waals surface area contributed by atoms with Crippen LogP contribution in [0.1, 0.15) is 22.6 Å². The molecular weight excluding hydrogens is 364 g/mol. The van der Waals surface area contributed by atoms with Gasteiger partial charge in [-0.15, -0.1) is 11.8 Å². The molecule has 3 heterocycles. The highest BCUT2D eigenvalue weighted by Gasteiger charge is 2.39. The molecule has 4 aromatic rings. The molecule has 3 aromatic carbocycles. The maximum Gasteiger partial charge on any atom is 0.123 e. The van der Waals surface area contributed by atoms with Crippen LogP contribution in [0.4, 0.5) is 0 Å². The van der Waals surface area contributed by atoms with Crippen molar-refractivity contribution in [2.24, 2.45) is 5.92 Å². The van der Waals surface area contributed by atoms with Crippen LogP contribution in [0.3, 0.4) is 0 Å². The Hall–Kier alpha value is -2.72. The van der Waals surface area contributed by atoms with Gasteiger partial charge in [0.1, 0.15) is 10.8 Å². The van der Waals surface area contributed by atoms with Gasteiger partial charge < -0.3 is 4.74 Å². The summed E-state index contributed by atoms with van der Waals surface area (Å²) in [6.07, 6.45) is 2.08. The van der Waals surface area contributed by atoms with Gasteiger partial charge in [0.25, 0.3) is 0 Å². The van der Waals surface area contributed by atoms with Crippen LogP contribution < -0.4 is 4.74 Å². The molecular formula is C24H20N2OS. The molecule has 0 fully saturated rings. The van der Waals surface area contributed by atoms with Crippen LogP contribution >= 0.6 is 11.8 Å². The number of thioether (sulfide) groups is 1. The van der Waals surface area contributed by atoms with Crippen LogP contribution in [0.25, 0.3) is 16.5 Å². The molecule has 6 rings (SSSR count). The Bertz CT molecular complexity index is 1200. The largest absolute Gasteiger partial charge is 0.493 e. The van der Waals surface area contributed by atoms with Crippen molar-refractivity contribution >= 4 is 22.5 Å². The normalized spacial score (nSPS) is 20.2. The molecule has 1 aromatic heterocycles. The molecule has 0 amide bonds. The van der Waals surface area contributed by atoms with E-state index in [1.54, 1.807) is 0 Å². The molecule has 138 valence electrons. The van der Waals surface area contributed by atoms with Gasteiger partial charge in [-0.05, 0) is 35.9 Å². The molecule has 0 bridgehead atoms. The van der Waals surface area contributed by atoms with E-state index in [-0.39, 0.29) is 0 Å². The zero-order valence-electron chi connectivity index (χ0n) is 15.6. The van der Waals surface area contributed by atoms with E-state index in [1.165, 1.54) is 32.5 Å². The summed E-state index contributed by atoms with van der Waals surface area (Å²) < 4.78 is 8.29. The molecule has 2 atom stereocenters. The molecule has 2 aliphatic rings. The van der Waals surface area contributed by atoms with E-state index in [2.05, 4.69) is 78.5 Å². The molecule has 0 N–H and O–H groups in total. The number of nitrogens with zero attached hydrogens (tertiary/aromatic N) is 2. The third kappa shape index (κ3) is 2.34. The molecule has 0 saturated heterocycles. The van der Waals surface area contributed by atoms with E-state index in [4.69, 9.17) is 9.84 Å². The Balaban J connectivity index is 1.56. The predicted octanol–water partition coefficient (Wildman–Crippen LogP) is 5.58. The van der Waals surface area contributed by atoms with Crippen LogP contribution in [0.15, 0.2) is 71.9 Å². The van der Waals surface area contributed by atoms with E-state index in [0.29, 0.717) is 11.8 Å². The van der Waals surface area contributed by atoms with Gasteiger partial charge in [-0.3, -0.25) is 0 Å². The first-order valence-electron chi connectivity index (χ1n) is 9.72. The average molecular weight is 385 g/mol. The molecule has 0 spiro atoms. The van der Waals surface area contributed by atoms with E-state index in [9.17, 15) is 0 Å². The molecule has 0 saturated carbocycles. The van der Waals surface area contributed by atoms with Crippen molar-refractivity contribution in [1.29, 1.82) is 0 Å². The van der Waals surface area contributed by atoms with Gasteiger partial charge >= 0.3 is 0 Å². The average Bonchev–Trinajstić information content (AvgIpc) is 3.18. The third-order valence-electron chi connectivity index (χ3n) is 5.97. The number of hydrogen-bond donors (Lipinski definition) is 0. The Kier molecular flexibility index (Phi) is 3.57. The minimum absolute atomic E-state index is 0.338. The highest BCUT2D eigenvalue weighted by Crippen LogP contribution is 2.51. The lowest BCUT2D eigenvalue weighted by molar-refractivity contribution is 0.219. The molecule has 2 aliphatic heterocycles. The summed E-state index contributed by atoms with van der Waals surface area (Å²) in [5, 5.41) is 8.64. The summed E-state index contributed by atoms with van der Waals surface area (Å²) in [7, 11) is 0. The maximum atomic E-state index is 6.18. The van der Waals surface area contributed by atoms with Crippen molar-refractivity contribution < 1.29 is 4.74 Å². The molecule has 4 heteroatoms. The SMILES string of the molecule is Cc1ccc(-n2ncc3c2SC[C@@H]2COc4ccc5ccccc5c4[C@H]32)cc1. The highest BCUT2D eigenvalue weighted by molar-refractivity contribution is 7.99. The summed E-state index contributed by atoms with van der Waals surface area (Å²) in [6.45, 7) is 2.89. The number of hydrogen-bond acceptors (Lipinski definition) is 3. The predicted molar refractivity (Wildman–Crippen MR) is 114 cm³/mol. The lowest BCUT2D eigenvalue weighted by Crippen LogP contribution is -2.31. The fraction of sp³-hybridized carbons (Fsp3) is 0.208. The second kappa shape index (κ2) is 6.14. The van der Waals surface area contributed by atoms with E-state index in [0.717, 1.165) is 23.8 Å². The van der Waals surface area contributed by atoms with Crippen LogP contribution in [0, 0.1) is 12.8 Å². The fourth-order valence-electron chi connectivity index (χ4n) is 4.57. The standard InChI is InChI=1S/C24H20N2OS/c1-15-6-9-18(10-7-15)26-24-20(12-25-26)22-17(14-28-24)13-27-21-11-8-16-4-2-3-5-19(16)23(21)22/h2-12,17,22H,13-14H2,1H3/t17-,22-/m0/s1. The van der Waals surface area contributed by atoms with Crippen LogP contribution in [0.2, 0.25) is 0 Å². The fourth-order valence-corrected chi connectivity index (χ4v) is 5.85. The highest BCUT2D eigenvalue weighted by atomic mass is 32.2. The quantitative estimate of drug-likeness (QED) is 0.429. The zero-order chi connectivity index (χ0) is 18.7. The van der Waals surface area contributed by atoms with Gasteiger partial charge in [-0.1, -0.05) is 48.0 Å². The smallest absolute Gasteiger partial charge is 0.123 e. The number of aromatic nitrogens is 2. The van der Waals surface area contributed by atoms with Crippen LogP contribution in [-0.2, 0) is 0 Å².